The Morgan fingerprint density at radius 2 is 1.53 bits per heavy atom. The van der Waals surface area contributed by atoms with Crippen LogP contribution < -0.4 is 16.3 Å². The molecule has 1 atom stereocenters. The van der Waals surface area contributed by atoms with E-state index in [-0.39, 0.29) is 18.4 Å². The van der Waals surface area contributed by atoms with Gasteiger partial charge in [0.15, 0.2) is 6.61 Å². The molecule has 0 aromatic heterocycles. The third-order valence-electron chi connectivity index (χ3n) is 5.48. The number of carbonyl (C=O) groups excluding carboxylic acids is 5. The van der Waals surface area contributed by atoms with Gasteiger partial charge in [-0.1, -0.05) is 48.8 Å². The lowest BCUT2D eigenvalue weighted by atomic mass is 9.87. The highest BCUT2D eigenvalue weighted by Crippen LogP contribution is 2.22. The molecule has 1 saturated heterocycles. The van der Waals surface area contributed by atoms with E-state index in [0.717, 1.165) is 15.0 Å². The first-order valence-corrected chi connectivity index (χ1v) is 12.0. The van der Waals surface area contributed by atoms with Gasteiger partial charge < -0.3 is 4.74 Å². The van der Waals surface area contributed by atoms with Gasteiger partial charge in [-0.05, 0) is 47.4 Å². The molecule has 0 unspecified atom stereocenters. The molecule has 2 aromatic rings. The second-order valence-corrected chi connectivity index (χ2v) is 10.2. The van der Waals surface area contributed by atoms with E-state index in [1.165, 1.54) is 0 Å². The molecule has 3 N–H and O–H groups in total. The molecular weight excluding hydrogens is 532 g/mol. The van der Waals surface area contributed by atoms with Gasteiger partial charge in [0.25, 0.3) is 17.7 Å². The zero-order valence-electron chi connectivity index (χ0n) is 20.1. The van der Waals surface area contributed by atoms with Crippen LogP contribution in [0.3, 0.4) is 0 Å². The van der Waals surface area contributed by atoms with E-state index in [9.17, 15) is 24.0 Å². The SMILES string of the molecule is CC(C)(C)c1ccc(C(=O)NN2C[C@H](C(=O)OCC(=O)NNC(=O)c3ccc(Br)cc3)CC2=O)cc1. The minimum Gasteiger partial charge on any atom is -0.455 e. The number of hydrogen-bond donors (Lipinski definition) is 3. The van der Waals surface area contributed by atoms with Gasteiger partial charge in [0.05, 0.1) is 12.5 Å². The standard InChI is InChI=1S/C25H27BrN4O6/c1-25(2,3)18-8-4-16(5-9-18)23(34)29-30-13-17(12-21(30)32)24(35)36-14-20(31)27-28-22(33)15-6-10-19(26)11-7-15/h4-11,17H,12-14H2,1-3H3,(H,27,31)(H,28,33)(H,29,34)/t17-/m1/s1. The Bertz CT molecular complexity index is 1160. The lowest BCUT2D eigenvalue weighted by Gasteiger charge is -2.20. The molecule has 4 amide bonds. The quantitative estimate of drug-likeness (QED) is 0.367. The second-order valence-electron chi connectivity index (χ2n) is 9.29. The summed E-state index contributed by atoms with van der Waals surface area (Å²) in [7, 11) is 0. The topological polar surface area (TPSA) is 134 Å². The van der Waals surface area contributed by atoms with Crippen LogP contribution >= 0.6 is 15.9 Å². The number of hydrazine groups is 2. The molecule has 3 rings (SSSR count). The number of hydrogen-bond acceptors (Lipinski definition) is 6. The number of amides is 4. The zero-order valence-corrected chi connectivity index (χ0v) is 21.7. The summed E-state index contributed by atoms with van der Waals surface area (Å²) in [6.07, 6.45) is -0.163. The molecule has 1 fully saturated rings. The van der Waals surface area contributed by atoms with Crippen molar-refractivity contribution in [2.75, 3.05) is 13.2 Å². The second kappa shape index (κ2) is 11.3. The van der Waals surface area contributed by atoms with Gasteiger partial charge in [-0.15, -0.1) is 0 Å². The van der Waals surface area contributed by atoms with Crippen molar-refractivity contribution >= 4 is 45.5 Å². The summed E-state index contributed by atoms with van der Waals surface area (Å²) in [4.78, 5) is 61.1. The van der Waals surface area contributed by atoms with Crippen molar-refractivity contribution in [2.45, 2.75) is 32.6 Å². The molecule has 36 heavy (non-hydrogen) atoms. The summed E-state index contributed by atoms with van der Waals surface area (Å²) in [6, 6.07) is 13.5. The number of esters is 1. The van der Waals surface area contributed by atoms with Crippen molar-refractivity contribution in [1.29, 1.82) is 0 Å². The third-order valence-corrected chi connectivity index (χ3v) is 6.00. The third kappa shape index (κ3) is 7.14. The van der Waals surface area contributed by atoms with Crippen molar-refractivity contribution in [1.82, 2.24) is 21.3 Å². The van der Waals surface area contributed by atoms with Crippen LogP contribution in [0.5, 0.6) is 0 Å². The number of rotatable bonds is 6. The predicted octanol–water partition coefficient (Wildman–Crippen LogP) is 2.24. The lowest BCUT2D eigenvalue weighted by Crippen LogP contribution is -2.44. The molecule has 0 saturated carbocycles. The number of carbonyl (C=O) groups is 5. The average Bonchev–Trinajstić information content (AvgIpc) is 3.21. The summed E-state index contributed by atoms with van der Waals surface area (Å²) >= 11 is 3.26. The first kappa shape index (κ1) is 26.9. The molecule has 190 valence electrons. The van der Waals surface area contributed by atoms with E-state index < -0.39 is 42.1 Å². The lowest BCUT2D eigenvalue weighted by molar-refractivity contribution is -0.152. The van der Waals surface area contributed by atoms with Crippen molar-refractivity contribution in [3.8, 4) is 0 Å². The number of nitrogens with zero attached hydrogens (tertiary/aromatic N) is 1. The van der Waals surface area contributed by atoms with Crippen LogP contribution in [0, 0.1) is 5.92 Å². The molecule has 0 radical (unpaired) electrons. The molecular formula is C25H27BrN4O6. The maximum absolute atomic E-state index is 12.5. The molecule has 10 nitrogen and oxygen atoms in total. The summed E-state index contributed by atoms with van der Waals surface area (Å²) < 4.78 is 5.77. The molecule has 0 bridgehead atoms. The van der Waals surface area contributed by atoms with Gasteiger partial charge in [0.2, 0.25) is 5.91 Å². The van der Waals surface area contributed by atoms with Gasteiger partial charge in [0, 0.05) is 22.0 Å². The maximum Gasteiger partial charge on any atom is 0.311 e. The molecule has 11 heteroatoms. The van der Waals surface area contributed by atoms with Gasteiger partial charge in [-0.3, -0.25) is 45.3 Å². The van der Waals surface area contributed by atoms with Crippen LogP contribution in [0.1, 0.15) is 53.5 Å². The first-order valence-electron chi connectivity index (χ1n) is 11.2. The first-order chi connectivity index (χ1) is 16.9. The van der Waals surface area contributed by atoms with Crippen molar-refractivity contribution < 1.29 is 28.7 Å². The van der Waals surface area contributed by atoms with E-state index in [2.05, 4.69) is 53.0 Å². The Morgan fingerprint density at radius 3 is 2.14 bits per heavy atom. The van der Waals surface area contributed by atoms with Crippen LogP contribution in [-0.2, 0) is 24.5 Å². The highest BCUT2D eigenvalue weighted by Gasteiger charge is 2.36. The Morgan fingerprint density at radius 1 is 0.944 bits per heavy atom. The monoisotopic (exact) mass is 558 g/mol. The molecule has 1 aliphatic heterocycles. The van der Waals surface area contributed by atoms with Gasteiger partial charge in [-0.2, -0.15) is 0 Å². The fourth-order valence-electron chi connectivity index (χ4n) is 3.37. The van der Waals surface area contributed by atoms with Gasteiger partial charge in [-0.25, -0.2) is 0 Å². The summed E-state index contributed by atoms with van der Waals surface area (Å²) in [6.45, 7) is 5.47. The van der Waals surface area contributed by atoms with Crippen molar-refractivity contribution in [3.05, 3.63) is 69.7 Å². The summed E-state index contributed by atoms with van der Waals surface area (Å²) in [5.74, 6) is -3.80. The number of nitrogens with one attached hydrogen (secondary N) is 3. The van der Waals surface area contributed by atoms with E-state index in [0.29, 0.717) is 11.1 Å². The maximum atomic E-state index is 12.5. The largest absolute Gasteiger partial charge is 0.455 e. The van der Waals surface area contributed by atoms with Crippen molar-refractivity contribution in [2.24, 2.45) is 5.92 Å². The van der Waals surface area contributed by atoms with Crippen LogP contribution in [0.25, 0.3) is 0 Å². The number of ether oxygens (including phenoxy) is 1. The van der Waals surface area contributed by atoms with Crippen LogP contribution in [-0.4, -0.2) is 47.8 Å². The van der Waals surface area contributed by atoms with Gasteiger partial charge >= 0.3 is 5.97 Å². The van der Waals surface area contributed by atoms with Crippen LogP contribution in [0.4, 0.5) is 0 Å². The Kier molecular flexibility index (Phi) is 8.46. The fraction of sp³-hybridized carbons (Fsp3) is 0.320. The van der Waals surface area contributed by atoms with E-state index >= 15 is 0 Å². The minimum atomic E-state index is -0.841. The Labute approximate surface area is 216 Å². The van der Waals surface area contributed by atoms with Crippen LogP contribution in [0.15, 0.2) is 53.0 Å². The van der Waals surface area contributed by atoms with E-state index in [4.69, 9.17) is 4.74 Å². The van der Waals surface area contributed by atoms with E-state index in [1.807, 2.05) is 12.1 Å². The summed E-state index contributed by atoms with van der Waals surface area (Å²) in [5, 5.41) is 1.07. The predicted molar refractivity (Wildman–Crippen MR) is 133 cm³/mol. The smallest absolute Gasteiger partial charge is 0.311 e. The van der Waals surface area contributed by atoms with Crippen LogP contribution in [0.2, 0.25) is 0 Å². The molecule has 2 aromatic carbocycles. The van der Waals surface area contributed by atoms with Gasteiger partial charge in [0.1, 0.15) is 0 Å². The summed E-state index contributed by atoms with van der Waals surface area (Å²) in [5.41, 5.74) is 8.60. The normalized spacial score (nSPS) is 15.3. The number of benzene rings is 2. The Hall–Kier alpha value is -3.73. The Balaban J connectivity index is 1.43. The fourth-order valence-corrected chi connectivity index (χ4v) is 3.64. The minimum absolute atomic E-state index is 0.0600. The number of halogens is 1. The molecule has 0 spiro atoms. The molecule has 1 heterocycles. The van der Waals surface area contributed by atoms with E-state index in [1.54, 1.807) is 36.4 Å². The molecule has 0 aliphatic carbocycles. The molecule has 1 aliphatic rings. The average molecular weight is 559 g/mol. The van der Waals surface area contributed by atoms with Crippen molar-refractivity contribution in [3.63, 3.8) is 0 Å². The highest BCUT2D eigenvalue weighted by molar-refractivity contribution is 9.10. The highest BCUT2D eigenvalue weighted by atomic mass is 79.9. The zero-order chi connectivity index (χ0) is 26.5.